The number of thiocarbonyl (C=S) groups is 2. The monoisotopic (exact) mass is 370 g/mol. The molecule has 1 saturated heterocycles. The van der Waals surface area contributed by atoms with Crippen LogP contribution in [0, 0.1) is 0 Å². The molecule has 0 aromatic heterocycles. The molecule has 9 heteroatoms. The summed E-state index contributed by atoms with van der Waals surface area (Å²) in [5.74, 6) is 0. The molecule has 0 aromatic rings. The zero-order chi connectivity index (χ0) is 15.3. The molecule has 6 nitrogen and oxygen atoms in total. The predicted octanol–water partition coefficient (Wildman–Crippen LogP) is 3.59. The van der Waals surface area contributed by atoms with E-state index in [1.165, 1.54) is 23.2 Å². The van der Waals surface area contributed by atoms with E-state index in [0.717, 1.165) is 52.4 Å². The van der Waals surface area contributed by atoms with Crippen molar-refractivity contribution in [2.24, 2.45) is 0 Å². The smallest absolute Gasteiger partial charge is 0 e. The molecule has 1 aliphatic rings. The van der Waals surface area contributed by atoms with Crippen LogP contribution in [0.3, 0.4) is 0 Å². The number of hydrogen-bond acceptors (Lipinski definition) is 2. The third-order valence-corrected chi connectivity index (χ3v) is 2.13. The van der Waals surface area contributed by atoms with E-state index in [4.69, 9.17) is 10.8 Å². The number of isothiocyanates is 2. The van der Waals surface area contributed by atoms with Crippen molar-refractivity contribution >= 4 is 34.8 Å². The molecule has 0 radical (unpaired) electrons. The van der Waals surface area contributed by atoms with Gasteiger partial charge in [0.05, 0.1) is 0 Å². The Bertz CT molecular complexity index is 191. The first-order valence-corrected chi connectivity index (χ1v) is 7.20. The summed E-state index contributed by atoms with van der Waals surface area (Å²) in [7, 11) is 0. The van der Waals surface area contributed by atoms with Gasteiger partial charge in [0, 0.05) is 16.5 Å². The van der Waals surface area contributed by atoms with E-state index in [9.17, 15) is 0 Å². The Morgan fingerprint density at radius 2 is 0.762 bits per heavy atom. The average molecular weight is 371 g/mol. The quantitative estimate of drug-likeness (QED) is 0.369. The summed E-state index contributed by atoms with van der Waals surface area (Å²) in [6.07, 6.45) is 2.33. The van der Waals surface area contributed by atoms with Crippen LogP contribution in [0.25, 0.3) is 32.1 Å². The Labute approximate surface area is 148 Å². The van der Waals surface area contributed by atoms with Crippen LogP contribution in [0.2, 0.25) is 0 Å². The molecule has 0 saturated carbocycles. The Hall–Kier alpha value is -0.0665. The van der Waals surface area contributed by atoms with Gasteiger partial charge in [0.25, 0.3) is 0 Å². The fourth-order valence-corrected chi connectivity index (χ4v) is 1.32. The fourth-order valence-electron chi connectivity index (χ4n) is 1.32. The van der Waals surface area contributed by atoms with Gasteiger partial charge in [-0.15, -0.1) is 13.1 Å². The molecule has 0 aromatic carbocycles. The Morgan fingerprint density at radius 1 is 0.571 bits per heavy atom. The second-order valence-corrected chi connectivity index (χ2v) is 3.94. The number of nitrogens with zero attached hydrogens (tertiary/aromatic N) is 6. The molecule has 0 unspecified atom stereocenters. The van der Waals surface area contributed by atoms with Gasteiger partial charge in [0.15, 0.2) is 0 Å². The van der Waals surface area contributed by atoms with Gasteiger partial charge >= 0.3 is 0 Å². The summed E-state index contributed by atoms with van der Waals surface area (Å²) >= 11 is 7.40. The van der Waals surface area contributed by atoms with E-state index in [-0.39, 0.29) is 16.5 Å². The molecule has 126 valence electrons. The van der Waals surface area contributed by atoms with Crippen LogP contribution < -0.4 is 0 Å². The Morgan fingerprint density at radius 3 is 1.00 bits per heavy atom. The molecule has 0 amide bonds. The predicted molar refractivity (Wildman–Crippen MR) is 93.5 cm³/mol. The molecule has 0 atom stereocenters. The van der Waals surface area contributed by atoms with E-state index in [1.807, 2.05) is 0 Å². The maximum Gasteiger partial charge on any atom is 0 e. The van der Waals surface area contributed by atoms with Gasteiger partial charge in [-0.2, -0.15) is 49.6 Å². The zero-order valence-corrected chi connectivity index (χ0v) is 14.5. The minimum absolute atomic E-state index is 0. The average Bonchev–Trinajstić information content (AvgIpc) is 2.43. The molecule has 0 N–H and O–H groups in total. The van der Waals surface area contributed by atoms with Crippen LogP contribution in [0.4, 0.5) is 0 Å². The third-order valence-electron chi connectivity index (χ3n) is 2.13. The number of rotatable bonds is 0. The second-order valence-electron chi connectivity index (χ2n) is 3.57. The molecule has 0 aliphatic carbocycles. The maximum absolute atomic E-state index is 7.13. The molecule has 21 heavy (non-hydrogen) atoms. The van der Waals surface area contributed by atoms with Crippen LogP contribution in [-0.4, -0.2) is 62.7 Å². The first-order chi connectivity index (χ1) is 9.83. The van der Waals surface area contributed by atoms with Gasteiger partial charge < -0.3 is 32.1 Å². The van der Waals surface area contributed by atoms with Gasteiger partial charge in [-0.05, 0) is 0 Å². The first-order valence-electron chi connectivity index (χ1n) is 6.39. The molecule has 0 spiro atoms. The van der Waals surface area contributed by atoms with Gasteiger partial charge in [0.2, 0.25) is 0 Å². The Kier molecular flexibility index (Phi) is 34.7. The van der Waals surface area contributed by atoms with E-state index in [1.54, 1.807) is 0 Å². The SMILES string of the molecule is C1CC[N-]CC[N-]CC[N-]CC[N-]C1.[N-]=C=S.[N-]=C=S.[Ni]. The summed E-state index contributed by atoms with van der Waals surface area (Å²) in [5.41, 5.74) is 0. The van der Waals surface area contributed by atoms with E-state index in [2.05, 4.69) is 45.7 Å². The van der Waals surface area contributed by atoms with Crippen molar-refractivity contribution in [1.29, 1.82) is 0 Å². The minimum Gasteiger partial charge on any atom is -0.753 e. The minimum atomic E-state index is 0. The third kappa shape index (κ3) is 33.0. The van der Waals surface area contributed by atoms with Crippen LogP contribution in [0.1, 0.15) is 12.8 Å². The van der Waals surface area contributed by atoms with Crippen LogP contribution in [0.5, 0.6) is 0 Å². The summed E-state index contributed by atoms with van der Waals surface area (Å²) < 4.78 is 0. The van der Waals surface area contributed by atoms with Gasteiger partial charge in [-0.3, -0.25) is 0 Å². The zero-order valence-electron chi connectivity index (χ0n) is 11.9. The van der Waals surface area contributed by atoms with E-state index in [0.29, 0.717) is 0 Å². The van der Waals surface area contributed by atoms with Crippen molar-refractivity contribution < 1.29 is 16.5 Å². The summed E-state index contributed by atoms with van der Waals surface area (Å²) in [6, 6.07) is 0. The first kappa shape index (κ1) is 25.9. The second kappa shape index (κ2) is 28.1. The molecule has 1 fully saturated rings. The molecule has 1 heterocycles. The van der Waals surface area contributed by atoms with E-state index >= 15 is 0 Å². The van der Waals surface area contributed by atoms with Crippen molar-refractivity contribution in [3.8, 4) is 0 Å². The van der Waals surface area contributed by atoms with Crippen molar-refractivity contribution in [2.45, 2.75) is 12.8 Å². The van der Waals surface area contributed by atoms with Gasteiger partial charge in [-0.1, -0.05) is 37.3 Å². The molecule has 0 bridgehead atoms. The van der Waals surface area contributed by atoms with Crippen molar-refractivity contribution in [3.05, 3.63) is 32.1 Å². The Balaban J connectivity index is -0.000000400. The fraction of sp³-hybridized carbons (Fsp3) is 0.833. The summed E-state index contributed by atoms with van der Waals surface area (Å²) in [6.45, 7) is 7.20. The standard InChI is InChI=1S/C10H20N4.2CNS.Ni/c1-2-4-12-6-8-14-10-9-13-7-5-11-3-1;2*2-1-3;/h1-10H2;;;/q-4;2*-1;. The normalized spacial score (nSPS) is 16.8. The topological polar surface area (TPSA) is 101 Å². The molecule has 1 rings (SSSR count). The van der Waals surface area contributed by atoms with Crippen LogP contribution >= 0.6 is 24.4 Å². The molecule has 1 aliphatic heterocycles. The van der Waals surface area contributed by atoms with Crippen molar-refractivity contribution in [2.75, 3.05) is 52.4 Å². The van der Waals surface area contributed by atoms with Gasteiger partial charge in [-0.25, -0.2) is 0 Å². The summed E-state index contributed by atoms with van der Waals surface area (Å²) in [4.78, 5) is 0. The van der Waals surface area contributed by atoms with Crippen LogP contribution in [-0.2, 0) is 16.5 Å². The molecular formula is C12H20N6NiS2-6. The van der Waals surface area contributed by atoms with Gasteiger partial charge in [0.1, 0.15) is 0 Å². The maximum atomic E-state index is 7.13. The van der Waals surface area contributed by atoms with E-state index < -0.39 is 0 Å². The molecular weight excluding hydrogens is 351 g/mol. The largest absolute Gasteiger partial charge is 0.753 e. The van der Waals surface area contributed by atoms with Crippen molar-refractivity contribution in [3.63, 3.8) is 0 Å². The van der Waals surface area contributed by atoms with Crippen LogP contribution in [0.15, 0.2) is 0 Å². The van der Waals surface area contributed by atoms with Crippen molar-refractivity contribution in [1.82, 2.24) is 0 Å². The number of hydrogen-bond donors (Lipinski definition) is 0. The summed E-state index contributed by atoms with van der Waals surface area (Å²) in [5, 5.41) is 34.4.